The lowest BCUT2D eigenvalue weighted by Gasteiger charge is -2.22. The number of benzene rings is 2. The number of carbonyl (C=O) groups excluding carboxylic acids is 1. The molecule has 0 aromatic heterocycles. The monoisotopic (exact) mass is 446 g/mol. The average molecular weight is 447 g/mol. The second kappa shape index (κ2) is 9.44. The minimum Gasteiger partial charge on any atom is -0.366 e. The van der Waals surface area contributed by atoms with Crippen molar-refractivity contribution < 1.29 is 18.1 Å². The van der Waals surface area contributed by atoms with Gasteiger partial charge in [0, 0.05) is 38.3 Å². The number of nitro groups is 1. The lowest BCUT2D eigenvalue weighted by molar-refractivity contribution is -0.384. The van der Waals surface area contributed by atoms with Crippen LogP contribution in [0.2, 0.25) is 0 Å². The van der Waals surface area contributed by atoms with Gasteiger partial charge in [-0.05, 0) is 42.7 Å². The number of hydrogen-bond donors (Lipinski definition) is 1. The van der Waals surface area contributed by atoms with E-state index < -0.39 is 20.9 Å². The fraction of sp³-hybridized carbons (Fsp3) is 0.381. The van der Waals surface area contributed by atoms with Crippen LogP contribution in [0.4, 0.5) is 11.4 Å². The highest BCUT2D eigenvalue weighted by Crippen LogP contribution is 2.32. The maximum Gasteiger partial charge on any atom is 0.293 e. The predicted octanol–water partition coefficient (Wildman–Crippen LogP) is 2.89. The molecule has 10 heteroatoms. The maximum absolute atomic E-state index is 13.0. The zero-order chi connectivity index (χ0) is 22.6. The molecule has 2 aromatic rings. The molecule has 1 fully saturated rings. The van der Waals surface area contributed by atoms with Gasteiger partial charge in [0.05, 0.1) is 9.82 Å². The molecule has 2 N–H and O–H groups in total. The van der Waals surface area contributed by atoms with Gasteiger partial charge in [-0.15, -0.1) is 0 Å². The highest BCUT2D eigenvalue weighted by Gasteiger charge is 2.28. The normalized spacial score (nSPS) is 15.3. The van der Waals surface area contributed by atoms with E-state index in [1.54, 1.807) is 36.2 Å². The minimum absolute atomic E-state index is 0.0657. The third-order valence-electron chi connectivity index (χ3n) is 5.42. The Balaban J connectivity index is 1.87. The molecule has 0 spiro atoms. The Morgan fingerprint density at radius 2 is 1.71 bits per heavy atom. The fourth-order valence-electron chi connectivity index (χ4n) is 3.70. The molecule has 1 aliphatic heterocycles. The number of amides is 1. The quantitative estimate of drug-likeness (QED) is 0.515. The first-order valence-corrected chi connectivity index (χ1v) is 11.5. The van der Waals surface area contributed by atoms with Gasteiger partial charge in [-0.1, -0.05) is 25.0 Å². The molecule has 0 aliphatic carbocycles. The molecule has 0 radical (unpaired) electrons. The van der Waals surface area contributed by atoms with Crippen LogP contribution in [0.3, 0.4) is 0 Å². The first-order chi connectivity index (χ1) is 14.7. The van der Waals surface area contributed by atoms with Gasteiger partial charge in [-0.2, -0.15) is 4.31 Å². The average Bonchev–Trinajstić information content (AvgIpc) is 3.03. The van der Waals surface area contributed by atoms with Crippen LogP contribution < -0.4 is 10.6 Å². The smallest absolute Gasteiger partial charge is 0.293 e. The zero-order valence-electron chi connectivity index (χ0n) is 17.4. The van der Waals surface area contributed by atoms with E-state index in [4.69, 9.17) is 5.73 Å². The maximum atomic E-state index is 13.0. The Morgan fingerprint density at radius 1 is 1.10 bits per heavy atom. The summed E-state index contributed by atoms with van der Waals surface area (Å²) in [5.41, 5.74) is 6.48. The van der Waals surface area contributed by atoms with Crippen molar-refractivity contribution in [2.24, 2.45) is 5.73 Å². The fourth-order valence-corrected chi connectivity index (χ4v) is 5.23. The van der Waals surface area contributed by atoms with Gasteiger partial charge in [-0.3, -0.25) is 14.9 Å². The molecule has 0 saturated carbocycles. The molecule has 0 atom stereocenters. The third-order valence-corrected chi connectivity index (χ3v) is 7.31. The molecule has 1 heterocycles. The summed E-state index contributed by atoms with van der Waals surface area (Å²) in [7, 11) is -2.10. The van der Waals surface area contributed by atoms with E-state index in [9.17, 15) is 23.3 Å². The van der Waals surface area contributed by atoms with E-state index in [0.717, 1.165) is 37.3 Å². The van der Waals surface area contributed by atoms with Crippen molar-refractivity contribution in [3.05, 3.63) is 63.7 Å². The van der Waals surface area contributed by atoms with Crippen LogP contribution in [-0.4, -0.2) is 43.7 Å². The van der Waals surface area contributed by atoms with Crippen LogP contribution in [0.1, 0.15) is 41.6 Å². The highest BCUT2D eigenvalue weighted by atomic mass is 32.2. The Bertz CT molecular complexity index is 1060. The summed E-state index contributed by atoms with van der Waals surface area (Å²) in [6.07, 6.45) is 3.54. The zero-order valence-corrected chi connectivity index (χ0v) is 18.2. The molecular formula is C21H26N4O5S. The van der Waals surface area contributed by atoms with Crippen molar-refractivity contribution in [3.8, 4) is 0 Å². The summed E-state index contributed by atoms with van der Waals surface area (Å²) in [5.74, 6) is -0.531. The summed E-state index contributed by atoms with van der Waals surface area (Å²) in [5, 5.41) is 11.7. The van der Waals surface area contributed by atoms with E-state index in [1.807, 2.05) is 0 Å². The van der Waals surface area contributed by atoms with Crippen molar-refractivity contribution in [1.29, 1.82) is 0 Å². The number of rotatable bonds is 7. The Labute approximate surface area is 181 Å². The lowest BCUT2D eigenvalue weighted by atomic mass is 10.1. The molecule has 166 valence electrons. The van der Waals surface area contributed by atoms with Crippen LogP contribution in [0.5, 0.6) is 0 Å². The Morgan fingerprint density at radius 3 is 2.26 bits per heavy atom. The summed E-state index contributed by atoms with van der Waals surface area (Å²) in [6.45, 7) is 1.19. The molecule has 0 bridgehead atoms. The van der Waals surface area contributed by atoms with Crippen molar-refractivity contribution in [2.45, 2.75) is 37.1 Å². The number of carbonyl (C=O) groups is 1. The number of primary amides is 1. The molecule has 0 unspecified atom stereocenters. The van der Waals surface area contributed by atoms with Crippen molar-refractivity contribution in [3.63, 3.8) is 0 Å². The number of anilines is 1. The van der Waals surface area contributed by atoms with E-state index in [2.05, 4.69) is 0 Å². The molecular weight excluding hydrogens is 420 g/mol. The van der Waals surface area contributed by atoms with Crippen LogP contribution in [0.25, 0.3) is 0 Å². The molecule has 1 amide bonds. The van der Waals surface area contributed by atoms with E-state index in [-0.39, 0.29) is 10.6 Å². The molecule has 1 saturated heterocycles. The van der Waals surface area contributed by atoms with Crippen molar-refractivity contribution >= 4 is 27.3 Å². The number of nitrogens with zero attached hydrogens (tertiary/aromatic N) is 3. The van der Waals surface area contributed by atoms with Crippen molar-refractivity contribution in [1.82, 2.24) is 4.31 Å². The molecule has 9 nitrogen and oxygen atoms in total. The Kier molecular flexibility index (Phi) is 6.91. The molecule has 2 aromatic carbocycles. The number of hydrogen-bond acceptors (Lipinski definition) is 6. The van der Waals surface area contributed by atoms with Gasteiger partial charge in [0.25, 0.3) is 5.69 Å². The summed E-state index contributed by atoms with van der Waals surface area (Å²) < 4.78 is 27.5. The number of sulfonamides is 1. The van der Waals surface area contributed by atoms with Gasteiger partial charge in [-0.25, -0.2) is 8.42 Å². The van der Waals surface area contributed by atoms with Crippen molar-refractivity contribution in [2.75, 3.05) is 25.0 Å². The number of nitrogens with two attached hydrogens (primary N) is 1. The van der Waals surface area contributed by atoms with Gasteiger partial charge < -0.3 is 10.6 Å². The van der Waals surface area contributed by atoms with Gasteiger partial charge in [0.15, 0.2) is 0 Å². The van der Waals surface area contributed by atoms with Crippen LogP contribution >= 0.6 is 0 Å². The second-order valence-corrected chi connectivity index (χ2v) is 9.58. The molecule has 3 rings (SSSR count). The van der Waals surface area contributed by atoms with Gasteiger partial charge in [0.2, 0.25) is 15.9 Å². The van der Waals surface area contributed by atoms with Crippen LogP contribution in [0.15, 0.2) is 47.4 Å². The second-order valence-electron chi connectivity index (χ2n) is 7.64. The molecule has 31 heavy (non-hydrogen) atoms. The van der Waals surface area contributed by atoms with Gasteiger partial charge in [0.1, 0.15) is 5.69 Å². The summed E-state index contributed by atoms with van der Waals surface area (Å²) >= 11 is 0. The van der Waals surface area contributed by atoms with Crippen LogP contribution in [-0.2, 0) is 16.6 Å². The van der Waals surface area contributed by atoms with E-state index >= 15 is 0 Å². The summed E-state index contributed by atoms with van der Waals surface area (Å²) in [4.78, 5) is 24.0. The topological polar surface area (TPSA) is 127 Å². The highest BCUT2D eigenvalue weighted by molar-refractivity contribution is 7.89. The number of nitro benzene ring substituents is 1. The van der Waals surface area contributed by atoms with E-state index in [1.165, 1.54) is 16.4 Å². The first kappa shape index (κ1) is 22.7. The Hall–Kier alpha value is -2.98. The third kappa shape index (κ3) is 5.20. The SMILES string of the molecule is CN(Cc1ccc(C(N)=O)cc1)c1ccc(S(=O)(=O)N2CCCCCC2)cc1[N+](=O)[O-]. The van der Waals surface area contributed by atoms with Crippen LogP contribution in [0, 0.1) is 10.1 Å². The summed E-state index contributed by atoms with van der Waals surface area (Å²) in [6, 6.07) is 10.7. The molecule has 1 aliphatic rings. The van der Waals surface area contributed by atoms with Gasteiger partial charge >= 0.3 is 0 Å². The minimum atomic E-state index is -3.79. The largest absolute Gasteiger partial charge is 0.366 e. The lowest BCUT2D eigenvalue weighted by Crippen LogP contribution is -2.32. The predicted molar refractivity (Wildman–Crippen MR) is 117 cm³/mol. The standard InChI is InChI=1S/C21H26N4O5S/c1-23(15-16-6-8-17(9-7-16)21(22)26)19-11-10-18(14-20(19)25(27)28)31(29,30)24-12-4-2-3-5-13-24/h6-11,14H,2-5,12-13,15H2,1H3,(H2,22,26). The van der Waals surface area contributed by atoms with E-state index in [0.29, 0.717) is 30.9 Å². The first-order valence-electron chi connectivity index (χ1n) is 10.1.